The highest BCUT2D eigenvalue weighted by Gasteiger charge is 2.22. The fourth-order valence-corrected chi connectivity index (χ4v) is 5.15. The Hall–Kier alpha value is -4.17. The smallest absolute Gasteiger partial charge is 0.333 e. The molecular formula is C26H27N5O5S. The number of imidazole rings is 1. The van der Waals surface area contributed by atoms with Crippen LogP contribution < -0.4 is 20.7 Å². The first kappa shape index (κ1) is 25.9. The van der Waals surface area contributed by atoms with Gasteiger partial charge in [0.2, 0.25) is 5.16 Å². The number of aryl methyl sites for hydroxylation is 2. The van der Waals surface area contributed by atoms with Crippen molar-refractivity contribution in [2.24, 2.45) is 14.1 Å². The summed E-state index contributed by atoms with van der Waals surface area (Å²) >= 11 is 0. The van der Waals surface area contributed by atoms with Gasteiger partial charge in [0.15, 0.2) is 11.2 Å². The molecule has 0 saturated carbocycles. The molecule has 4 rings (SSSR count). The molecule has 1 aromatic carbocycles. The van der Waals surface area contributed by atoms with Crippen molar-refractivity contribution in [2.75, 3.05) is 14.2 Å². The SMILES string of the molecule is CCc1cc(C#CCn2c(=O)n(C)c(=O)c3c2nc(S(=O)Cc2cc(OC)ccc2OC)n3C)ccn1. The van der Waals surface area contributed by atoms with E-state index in [-0.39, 0.29) is 28.6 Å². The lowest BCUT2D eigenvalue weighted by Crippen LogP contribution is -2.38. The Morgan fingerprint density at radius 2 is 1.84 bits per heavy atom. The molecular weight excluding hydrogens is 494 g/mol. The summed E-state index contributed by atoms with van der Waals surface area (Å²) < 4.78 is 27.9. The largest absolute Gasteiger partial charge is 0.497 e. The van der Waals surface area contributed by atoms with Crippen molar-refractivity contribution in [1.82, 2.24) is 23.7 Å². The molecule has 1 unspecified atom stereocenters. The van der Waals surface area contributed by atoms with Crippen LogP contribution >= 0.6 is 0 Å². The van der Waals surface area contributed by atoms with Crippen molar-refractivity contribution < 1.29 is 13.7 Å². The molecule has 11 heteroatoms. The number of fused-ring (bicyclic) bond motifs is 1. The Morgan fingerprint density at radius 1 is 1.05 bits per heavy atom. The number of pyridine rings is 1. The molecule has 0 fully saturated rings. The Kier molecular flexibility index (Phi) is 7.59. The molecule has 3 aromatic heterocycles. The first-order valence-corrected chi connectivity index (χ1v) is 12.8. The van der Waals surface area contributed by atoms with Crippen LogP contribution in [0.4, 0.5) is 0 Å². The Morgan fingerprint density at radius 3 is 2.54 bits per heavy atom. The number of methoxy groups -OCH3 is 2. The number of nitrogens with zero attached hydrogens (tertiary/aromatic N) is 5. The number of hydrogen-bond donors (Lipinski definition) is 0. The standard InChI is InChI=1S/C26H27N5O5S/c1-6-19-14-17(11-12-27-19)8-7-13-31-23-22(24(32)30(3)26(31)33)29(2)25(28-23)37(34)16-18-15-20(35-4)9-10-21(18)36-5/h9-12,14-15H,6,13,16H2,1-5H3. The normalized spacial score (nSPS) is 11.7. The van der Waals surface area contributed by atoms with Gasteiger partial charge >= 0.3 is 5.69 Å². The van der Waals surface area contributed by atoms with Crippen LogP contribution in [0.3, 0.4) is 0 Å². The van der Waals surface area contributed by atoms with Crippen LogP contribution in [-0.2, 0) is 43.6 Å². The van der Waals surface area contributed by atoms with E-state index in [0.717, 1.165) is 22.2 Å². The van der Waals surface area contributed by atoms with E-state index in [0.29, 0.717) is 17.1 Å². The summed E-state index contributed by atoms with van der Waals surface area (Å²) in [6, 6.07) is 8.91. The molecule has 192 valence electrons. The van der Waals surface area contributed by atoms with Gasteiger partial charge in [-0.2, -0.15) is 0 Å². The molecule has 3 heterocycles. The fraction of sp³-hybridized carbons (Fsp3) is 0.308. The second-order valence-electron chi connectivity index (χ2n) is 8.22. The van der Waals surface area contributed by atoms with E-state index >= 15 is 0 Å². The third kappa shape index (κ3) is 5.06. The maximum absolute atomic E-state index is 13.4. The third-order valence-corrected chi connectivity index (χ3v) is 7.29. The predicted octanol–water partition coefficient (Wildman–Crippen LogP) is 1.77. The lowest BCUT2D eigenvalue weighted by atomic mass is 10.2. The van der Waals surface area contributed by atoms with Gasteiger partial charge in [-0.05, 0) is 36.8 Å². The van der Waals surface area contributed by atoms with E-state index in [1.165, 1.54) is 23.3 Å². The Labute approximate surface area is 216 Å². The molecule has 0 radical (unpaired) electrons. The summed E-state index contributed by atoms with van der Waals surface area (Å²) in [5.74, 6) is 7.25. The molecule has 0 aliphatic rings. The van der Waals surface area contributed by atoms with E-state index in [1.54, 1.807) is 44.6 Å². The molecule has 0 saturated heterocycles. The van der Waals surface area contributed by atoms with Crippen molar-refractivity contribution in [3.05, 3.63) is 74.2 Å². The molecule has 10 nitrogen and oxygen atoms in total. The van der Waals surface area contributed by atoms with Crippen molar-refractivity contribution in [3.63, 3.8) is 0 Å². The Balaban J connectivity index is 1.76. The monoisotopic (exact) mass is 521 g/mol. The summed E-state index contributed by atoms with van der Waals surface area (Å²) in [5.41, 5.74) is 1.57. The van der Waals surface area contributed by atoms with Crippen LogP contribution in [0, 0.1) is 11.8 Å². The van der Waals surface area contributed by atoms with Crippen LogP contribution in [0.15, 0.2) is 51.3 Å². The number of hydrogen-bond acceptors (Lipinski definition) is 7. The Bertz CT molecular complexity index is 1690. The summed E-state index contributed by atoms with van der Waals surface area (Å²) in [6.07, 6.45) is 2.48. The zero-order chi connectivity index (χ0) is 26.7. The van der Waals surface area contributed by atoms with Crippen LogP contribution in [-0.4, -0.2) is 42.1 Å². The molecule has 0 N–H and O–H groups in total. The lowest BCUT2D eigenvalue weighted by Gasteiger charge is -2.10. The summed E-state index contributed by atoms with van der Waals surface area (Å²) in [4.78, 5) is 34.7. The van der Waals surface area contributed by atoms with Gasteiger partial charge in [0.1, 0.15) is 11.5 Å². The van der Waals surface area contributed by atoms with Gasteiger partial charge in [0.05, 0.1) is 37.3 Å². The van der Waals surface area contributed by atoms with E-state index in [4.69, 9.17) is 9.47 Å². The van der Waals surface area contributed by atoms with Gasteiger partial charge in [-0.25, -0.2) is 9.78 Å². The van der Waals surface area contributed by atoms with Gasteiger partial charge in [0, 0.05) is 37.1 Å². The van der Waals surface area contributed by atoms with Gasteiger partial charge < -0.3 is 14.0 Å². The lowest BCUT2D eigenvalue weighted by molar-refractivity contribution is 0.400. The molecule has 0 aliphatic heterocycles. The average molecular weight is 522 g/mol. The van der Waals surface area contributed by atoms with Gasteiger partial charge in [-0.1, -0.05) is 18.8 Å². The number of rotatable bonds is 7. The molecule has 0 bridgehead atoms. The van der Waals surface area contributed by atoms with Crippen molar-refractivity contribution in [3.8, 4) is 23.3 Å². The summed E-state index contributed by atoms with van der Waals surface area (Å²) in [6.45, 7) is 2.01. The van der Waals surface area contributed by atoms with E-state index in [1.807, 2.05) is 13.0 Å². The van der Waals surface area contributed by atoms with Crippen molar-refractivity contribution in [1.29, 1.82) is 0 Å². The average Bonchev–Trinajstić information content (AvgIpc) is 3.26. The predicted molar refractivity (Wildman–Crippen MR) is 140 cm³/mol. The summed E-state index contributed by atoms with van der Waals surface area (Å²) in [7, 11) is 4.42. The van der Waals surface area contributed by atoms with E-state index in [2.05, 4.69) is 21.8 Å². The highest BCUT2D eigenvalue weighted by molar-refractivity contribution is 7.84. The van der Waals surface area contributed by atoms with Crippen molar-refractivity contribution in [2.45, 2.75) is 30.8 Å². The van der Waals surface area contributed by atoms with Gasteiger partial charge in [-0.15, -0.1) is 0 Å². The quantitative estimate of drug-likeness (QED) is 0.341. The number of aromatic nitrogens is 5. The zero-order valence-corrected chi connectivity index (χ0v) is 22.1. The molecule has 0 spiro atoms. The summed E-state index contributed by atoms with van der Waals surface area (Å²) in [5, 5.41) is 0.158. The molecule has 0 amide bonds. The maximum Gasteiger partial charge on any atom is 0.333 e. The molecule has 4 aromatic rings. The van der Waals surface area contributed by atoms with E-state index < -0.39 is 22.0 Å². The zero-order valence-electron chi connectivity index (χ0n) is 21.3. The highest BCUT2D eigenvalue weighted by atomic mass is 32.2. The second-order valence-corrected chi connectivity index (χ2v) is 9.56. The van der Waals surface area contributed by atoms with Gasteiger partial charge in [0.25, 0.3) is 5.56 Å². The minimum absolute atomic E-state index is 0.0000295. The third-order valence-electron chi connectivity index (χ3n) is 5.94. The van der Waals surface area contributed by atoms with Crippen LogP contribution in [0.1, 0.15) is 23.7 Å². The number of benzene rings is 1. The minimum Gasteiger partial charge on any atom is -0.497 e. The first-order valence-electron chi connectivity index (χ1n) is 11.5. The first-order chi connectivity index (χ1) is 17.8. The number of ether oxygens (including phenoxy) is 2. The molecule has 1 atom stereocenters. The van der Waals surface area contributed by atoms with Crippen LogP contribution in [0.5, 0.6) is 11.5 Å². The molecule has 0 aliphatic carbocycles. The maximum atomic E-state index is 13.4. The minimum atomic E-state index is -1.66. The van der Waals surface area contributed by atoms with Crippen LogP contribution in [0.2, 0.25) is 0 Å². The second kappa shape index (κ2) is 10.8. The fourth-order valence-electron chi connectivity index (χ4n) is 3.93. The topological polar surface area (TPSA) is 110 Å². The van der Waals surface area contributed by atoms with Gasteiger partial charge in [-0.3, -0.25) is 23.1 Å². The van der Waals surface area contributed by atoms with E-state index in [9.17, 15) is 13.8 Å². The molecule has 37 heavy (non-hydrogen) atoms. The highest BCUT2D eigenvalue weighted by Crippen LogP contribution is 2.27. The van der Waals surface area contributed by atoms with Crippen molar-refractivity contribution >= 4 is 22.0 Å². The van der Waals surface area contributed by atoms with Crippen LogP contribution in [0.25, 0.3) is 11.2 Å².